The maximum atomic E-state index is 12.5. The van der Waals surface area contributed by atoms with Crippen LogP contribution in [0.15, 0.2) is 27.1 Å². The Labute approximate surface area is 134 Å². The summed E-state index contributed by atoms with van der Waals surface area (Å²) in [5.74, 6) is 0.172. The molecule has 1 atom stereocenters. The lowest BCUT2D eigenvalue weighted by atomic mass is 9.97. The third-order valence-corrected chi connectivity index (χ3v) is 4.47. The first-order valence-corrected chi connectivity index (χ1v) is 8.01. The van der Waals surface area contributed by atoms with E-state index in [1.54, 1.807) is 0 Å². The van der Waals surface area contributed by atoms with E-state index in [2.05, 4.69) is 31.9 Å². The summed E-state index contributed by atoms with van der Waals surface area (Å²) in [6, 6.07) is 5.57. The minimum absolute atomic E-state index is 0.0305. The second-order valence-corrected chi connectivity index (χ2v) is 6.95. The molecule has 1 saturated heterocycles. The number of carbonyl (C=O) groups excluding carboxylic acids is 1. The van der Waals surface area contributed by atoms with E-state index in [4.69, 9.17) is 18.0 Å². The van der Waals surface area contributed by atoms with Gasteiger partial charge in [0.15, 0.2) is 0 Å². The van der Waals surface area contributed by atoms with Crippen molar-refractivity contribution in [1.82, 2.24) is 4.90 Å². The molecule has 0 radical (unpaired) electrons. The molecule has 1 aliphatic rings. The second-order valence-electron chi connectivity index (χ2n) is 4.65. The van der Waals surface area contributed by atoms with E-state index in [9.17, 15) is 4.79 Å². The highest BCUT2D eigenvalue weighted by Gasteiger charge is 2.26. The van der Waals surface area contributed by atoms with Crippen molar-refractivity contribution in [3.05, 3.63) is 32.7 Å². The smallest absolute Gasteiger partial charge is 0.253 e. The van der Waals surface area contributed by atoms with E-state index >= 15 is 0 Å². The lowest BCUT2D eigenvalue weighted by Crippen LogP contribution is -2.43. The number of rotatable bonds is 2. The van der Waals surface area contributed by atoms with Gasteiger partial charge in [-0.2, -0.15) is 0 Å². The number of benzene rings is 1. The lowest BCUT2D eigenvalue weighted by molar-refractivity contribution is 0.0703. The van der Waals surface area contributed by atoms with Crippen molar-refractivity contribution >= 4 is 55.0 Å². The summed E-state index contributed by atoms with van der Waals surface area (Å²) in [6.45, 7) is 1.39. The molecule has 2 rings (SSSR count). The first-order chi connectivity index (χ1) is 8.97. The fourth-order valence-corrected chi connectivity index (χ4v) is 3.74. The zero-order chi connectivity index (χ0) is 14.0. The molecule has 1 fully saturated rings. The number of hydrogen-bond acceptors (Lipinski definition) is 2. The Morgan fingerprint density at radius 1 is 1.32 bits per heavy atom. The van der Waals surface area contributed by atoms with Crippen molar-refractivity contribution in [3.8, 4) is 0 Å². The fourth-order valence-electron chi connectivity index (χ4n) is 2.25. The average Bonchev–Trinajstić information content (AvgIpc) is 2.37. The van der Waals surface area contributed by atoms with Gasteiger partial charge in [-0.05, 0) is 31.0 Å². The highest BCUT2D eigenvalue weighted by Crippen LogP contribution is 2.23. The quantitative estimate of drug-likeness (QED) is 0.767. The van der Waals surface area contributed by atoms with Crippen LogP contribution in [-0.2, 0) is 0 Å². The van der Waals surface area contributed by atoms with Gasteiger partial charge in [0.05, 0.1) is 4.99 Å². The van der Waals surface area contributed by atoms with Crippen LogP contribution in [0.5, 0.6) is 0 Å². The van der Waals surface area contributed by atoms with E-state index in [0.29, 0.717) is 17.1 Å². The molecule has 2 N–H and O–H groups in total. The van der Waals surface area contributed by atoms with Crippen molar-refractivity contribution in [2.24, 2.45) is 11.7 Å². The number of amides is 1. The van der Waals surface area contributed by atoms with Crippen LogP contribution < -0.4 is 5.73 Å². The van der Waals surface area contributed by atoms with Gasteiger partial charge < -0.3 is 10.6 Å². The summed E-state index contributed by atoms with van der Waals surface area (Å²) >= 11 is 11.8. The number of nitrogens with two attached hydrogens (primary N) is 1. The van der Waals surface area contributed by atoms with Crippen LogP contribution in [0.4, 0.5) is 0 Å². The van der Waals surface area contributed by atoms with Gasteiger partial charge in [0.25, 0.3) is 5.91 Å². The van der Waals surface area contributed by atoms with Crippen LogP contribution in [0, 0.1) is 5.92 Å². The number of nitrogens with zero attached hydrogens (tertiary/aromatic N) is 1. The minimum Gasteiger partial charge on any atom is -0.393 e. The van der Waals surface area contributed by atoms with Crippen LogP contribution in [0.3, 0.4) is 0 Å². The standard InChI is InChI=1S/C13H14Br2N2OS/c14-10-4-9(5-11(15)6-10)13(18)17-3-1-2-8(7-17)12(16)19/h4-6,8H,1-3,7H2,(H2,16,19). The van der Waals surface area contributed by atoms with E-state index in [-0.39, 0.29) is 11.8 Å². The molecule has 1 unspecified atom stereocenters. The highest BCUT2D eigenvalue weighted by molar-refractivity contribution is 9.11. The average molecular weight is 406 g/mol. The SMILES string of the molecule is NC(=S)C1CCCN(C(=O)c2cc(Br)cc(Br)c2)C1. The number of carbonyl (C=O) groups is 1. The van der Waals surface area contributed by atoms with Gasteiger partial charge in [0.1, 0.15) is 0 Å². The van der Waals surface area contributed by atoms with Crippen LogP contribution in [0.2, 0.25) is 0 Å². The molecule has 0 saturated carbocycles. The van der Waals surface area contributed by atoms with Crippen molar-refractivity contribution in [2.75, 3.05) is 13.1 Å². The number of likely N-dealkylation sites (tertiary alicyclic amines) is 1. The Balaban J connectivity index is 2.16. The molecule has 0 bridgehead atoms. The van der Waals surface area contributed by atoms with Crippen LogP contribution in [0.1, 0.15) is 23.2 Å². The molecule has 1 aromatic rings. The number of hydrogen-bond donors (Lipinski definition) is 1. The fraction of sp³-hybridized carbons (Fsp3) is 0.385. The van der Waals surface area contributed by atoms with Crippen molar-refractivity contribution < 1.29 is 4.79 Å². The summed E-state index contributed by atoms with van der Waals surface area (Å²) in [5.41, 5.74) is 6.37. The second kappa shape index (κ2) is 6.33. The summed E-state index contributed by atoms with van der Waals surface area (Å²) in [4.78, 5) is 14.8. The molecule has 19 heavy (non-hydrogen) atoms. The molecular weight excluding hydrogens is 392 g/mol. The number of thiocarbonyl (C=S) groups is 1. The Kier molecular flexibility index (Phi) is 4.97. The van der Waals surface area contributed by atoms with Crippen molar-refractivity contribution in [1.29, 1.82) is 0 Å². The van der Waals surface area contributed by atoms with Gasteiger partial charge in [0, 0.05) is 33.5 Å². The summed E-state index contributed by atoms with van der Waals surface area (Å²) < 4.78 is 1.77. The number of halogens is 2. The summed E-state index contributed by atoms with van der Waals surface area (Å²) in [6.07, 6.45) is 1.92. The van der Waals surface area contributed by atoms with Crippen LogP contribution in [0.25, 0.3) is 0 Å². The molecule has 1 aliphatic heterocycles. The zero-order valence-corrected chi connectivity index (χ0v) is 14.2. The molecular formula is C13H14Br2N2OS. The first-order valence-electron chi connectivity index (χ1n) is 6.02. The zero-order valence-electron chi connectivity index (χ0n) is 10.2. The van der Waals surface area contributed by atoms with E-state index in [0.717, 1.165) is 28.3 Å². The Hall–Kier alpha value is -0.460. The minimum atomic E-state index is 0.0305. The molecule has 0 spiro atoms. The Bertz CT molecular complexity index is 501. The normalized spacial score (nSPS) is 19.3. The molecule has 0 aliphatic carbocycles. The van der Waals surface area contributed by atoms with Gasteiger partial charge in [-0.1, -0.05) is 44.1 Å². The summed E-state index contributed by atoms with van der Waals surface area (Å²) in [7, 11) is 0. The van der Waals surface area contributed by atoms with Crippen molar-refractivity contribution in [3.63, 3.8) is 0 Å². The molecule has 1 aromatic carbocycles. The van der Waals surface area contributed by atoms with Gasteiger partial charge >= 0.3 is 0 Å². The molecule has 3 nitrogen and oxygen atoms in total. The highest BCUT2D eigenvalue weighted by atomic mass is 79.9. The topological polar surface area (TPSA) is 46.3 Å². The molecule has 1 heterocycles. The van der Waals surface area contributed by atoms with Crippen LogP contribution in [-0.4, -0.2) is 28.9 Å². The first kappa shape index (κ1) is 14.9. The van der Waals surface area contributed by atoms with Crippen molar-refractivity contribution in [2.45, 2.75) is 12.8 Å². The maximum absolute atomic E-state index is 12.5. The molecule has 1 amide bonds. The summed E-state index contributed by atoms with van der Waals surface area (Å²) in [5, 5.41) is 0. The van der Waals surface area contributed by atoms with E-state index in [1.807, 2.05) is 23.1 Å². The van der Waals surface area contributed by atoms with E-state index in [1.165, 1.54) is 0 Å². The van der Waals surface area contributed by atoms with E-state index < -0.39 is 0 Å². The Morgan fingerprint density at radius 2 is 1.95 bits per heavy atom. The van der Waals surface area contributed by atoms with Crippen LogP contribution >= 0.6 is 44.1 Å². The Morgan fingerprint density at radius 3 is 2.53 bits per heavy atom. The third-order valence-electron chi connectivity index (χ3n) is 3.22. The van der Waals surface area contributed by atoms with Gasteiger partial charge in [-0.3, -0.25) is 4.79 Å². The van der Waals surface area contributed by atoms with Gasteiger partial charge in [0.2, 0.25) is 0 Å². The third kappa shape index (κ3) is 3.77. The maximum Gasteiger partial charge on any atom is 0.253 e. The van der Waals surface area contributed by atoms with Gasteiger partial charge in [-0.15, -0.1) is 0 Å². The monoisotopic (exact) mass is 404 g/mol. The lowest BCUT2D eigenvalue weighted by Gasteiger charge is -2.32. The molecule has 0 aromatic heterocycles. The van der Waals surface area contributed by atoms with Gasteiger partial charge in [-0.25, -0.2) is 0 Å². The molecule has 102 valence electrons. The number of piperidine rings is 1. The predicted octanol–water partition coefficient (Wildman–Crippen LogP) is 3.35. The predicted molar refractivity (Wildman–Crippen MR) is 87.3 cm³/mol. The molecule has 6 heteroatoms. The largest absolute Gasteiger partial charge is 0.393 e.